The van der Waals surface area contributed by atoms with Crippen LogP contribution in [0.4, 0.5) is 4.39 Å². The van der Waals surface area contributed by atoms with Gasteiger partial charge in [-0.15, -0.1) is 0 Å². The molecule has 0 aliphatic carbocycles. The molecule has 1 aromatic carbocycles. The number of carbonyl (C=O) groups is 4. The molecule has 0 saturated heterocycles. The highest BCUT2D eigenvalue weighted by Gasteiger charge is 2.21. The molecule has 0 atom stereocenters. The van der Waals surface area contributed by atoms with Crippen molar-refractivity contribution in [3.05, 3.63) is 29.1 Å². The van der Waals surface area contributed by atoms with E-state index in [2.05, 4.69) is 0 Å². The van der Waals surface area contributed by atoms with Gasteiger partial charge in [-0.2, -0.15) is 0 Å². The van der Waals surface area contributed by atoms with E-state index in [1.807, 2.05) is 0 Å². The molecule has 0 aromatic heterocycles. The van der Waals surface area contributed by atoms with Crippen LogP contribution in [-0.4, -0.2) is 85.4 Å². The molecule has 0 aliphatic heterocycles. The van der Waals surface area contributed by atoms with Crippen LogP contribution in [0.1, 0.15) is 11.1 Å². The molecule has 1 rings (SSSR count). The second-order valence-electron chi connectivity index (χ2n) is 5.94. The van der Waals surface area contributed by atoms with Crippen molar-refractivity contribution in [1.29, 1.82) is 0 Å². The lowest BCUT2D eigenvalue weighted by Gasteiger charge is -2.22. The fourth-order valence-corrected chi connectivity index (χ4v) is 2.54. The summed E-state index contributed by atoms with van der Waals surface area (Å²) in [6.07, 6.45) is 0. The van der Waals surface area contributed by atoms with Crippen LogP contribution >= 0.6 is 0 Å². The van der Waals surface area contributed by atoms with E-state index in [9.17, 15) is 28.7 Å². The van der Waals surface area contributed by atoms with Crippen LogP contribution in [0.5, 0.6) is 5.75 Å². The number of hydrogen-bond acceptors (Lipinski definition) is 7. The average molecular weight is 402 g/mol. The first kappa shape index (κ1) is 22.8. The number of carboxylic acid groups (broad SMARTS) is 4. The molecule has 11 nitrogen and oxygen atoms in total. The van der Waals surface area contributed by atoms with E-state index in [4.69, 9.17) is 20.4 Å². The Morgan fingerprint density at radius 3 is 1.25 bits per heavy atom. The van der Waals surface area contributed by atoms with Crippen LogP contribution in [-0.2, 0) is 32.3 Å². The zero-order chi connectivity index (χ0) is 21.4. The molecule has 0 bridgehead atoms. The van der Waals surface area contributed by atoms with Gasteiger partial charge in [-0.3, -0.25) is 29.0 Å². The minimum Gasteiger partial charge on any atom is -0.507 e. The van der Waals surface area contributed by atoms with Crippen LogP contribution in [0.25, 0.3) is 0 Å². The van der Waals surface area contributed by atoms with Crippen molar-refractivity contribution in [3.8, 4) is 5.75 Å². The Morgan fingerprint density at radius 2 is 1.00 bits per heavy atom. The minimum absolute atomic E-state index is 0.122. The highest BCUT2D eigenvalue weighted by Crippen LogP contribution is 2.27. The Labute approximate surface area is 157 Å². The zero-order valence-electron chi connectivity index (χ0n) is 14.5. The van der Waals surface area contributed by atoms with Gasteiger partial charge in [0.2, 0.25) is 0 Å². The molecular weight excluding hydrogens is 383 g/mol. The molecule has 154 valence electrons. The van der Waals surface area contributed by atoms with E-state index in [0.717, 1.165) is 21.9 Å². The van der Waals surface area contributed by atoms with Crippen molar-refractivity contribution in [2.24, 2.45) is 0 Å². The predicted octanol–water partition coefficient (Wildman–Crippen LogP) is -0.526. The average Bonchev–Trinajstić information content (AvgIpc) is 2.49. The maximum Gasteiger partial charge on any atom is 0.317 e. The maximum absolute atomic E-state index is 13.9. The SMILES string of the molecule is O=C(O)CN(CC(=O)O)Cc1cc(F)cc(CN(CC(=O)O)CC(=O)O)c1O. The number of aromatic hydroxyl groups is 1. The van der Waals surface area contributed by atoms with E-state index >= 15 is 0 Å². The van der Waals surface area contributed by atoms with Gasteiger partial charge in [-0.25, -0.2) is 4.39 Å². The molecule has 0 aliphatic rings. The largest absolute Gasteiger partial charge is 0.507 e. The molecule has 0 saturated carbocycles. The number of hydrogen-bond donors (Lipinski definition) is 5. The monoisotopic (exact) mass is 402 g/mol. The Morgan fingerprint density at radius 1 is 0.714 bits per heavy atom. The van der Waals surface area contributed by atoms with Gasteiger partial charge >= 0.3 is 23.9 Å². The molecule has 1 aromatic rings. The molecule has 0 amide bonds. The number of rotatable bonds is 12. The summed E-state index contributed by atoms with van der Waals surface area (Å²) in [5, 5.41) is 45.7. The van der Waals surface area contributed by atoms with Crippen molar-refractivity contribution >= 4 is 23.9 Å². The summed E-state index contributed by atoms with van der Waals surface area (Å²) in [5.41, 5.74) is -0.244. The summed E-state index contributed by atoms with van der Waals surface area (Å²) in [5.74, 6) is -6.67. The molecule has 0 fully saturated rings. The van der Waals surface area contributed by atoms with E-state index in [1.165, 1.54) is 0 Å². The number of benzene rings is 1. The van der Waals surface area contributed by atoms with Crippen molar-refractivity contribution in [3.63, 3.8) is 0 Å². The van der Waals surface area contributed by atoms with Crippen LogP contribution in [0.3, 0.4) is 0 Å². The van der Waals surface area contributed by atoms with Crippen molar-refractivity contribution in [1.82, 2.24) is 9.80 Å². The van der Waals surface area contributed by atoms with E-state index < -0.39 is 74.7 Å². The summed E-state index contributed by atoms with van der Waals surface area (Å²) in [7, 11) is 0. The molecule has 0 radical (unpaired) electrons. The van der Waals surface area contributed by atoms with Gasteiger partial charge in [0.05, 0.1) is 26.2 Å². The second kappa shape index (κ2) is 10.2. The van der Waals surface area contributed by atoms with Crippen LogP contribution in [0, 0.1) is 5.82 Å². The predicted molar refractivity (Wildman–Crippen MR) is 89.2 cm³/mol. The molecule has 0 unspecified atom stereocenters. The van der Waals surface area contributed by atoms with E-state index in [1.54, 1.807) is 0 Å². The molecule has 0 spiro atoms. The lowest BCUT2D eigenvalue weighted by atomic mass is 10.1. The molecule has 28 heavy (non-hydrogen) atoms. The van der Waals surface area contributed by atoms with Crippen LogP contribution < -0.4 is 0 Å². The Kier molecular flexibility index (Phi) is 8.29. The Bertz CT molecular complexity index is 677. The van der Waals surface area contributed by atoms with Crippen LogP contribution in [0.15, 0.2) is 12.1 Å². The molecule has 5 N–H and O–H groups in total. The number of phenolic OH excluding ortho intramolecular Hbond substituents is 1. The second-order valence-corrected chi connectivity index (χ2v) is 5.94. The van der Waals surface area contributed by atoms with E-state index in [0.29, 0.717) is 0 Å². The molecule has 12 heteroatoms. The standard InChI is InChI=1S/C16H19FN2O9/c17-11-1-9(3-18(5-12(20)21)6-13(22)23)16(28)10(2-11)4-19(7-14(24)25)8-15(26)27/h1-2,28H,3-8H2,(H,20,21)(H,22,23)(H,24,25)(H,26,27). The number of phenols is 1. The van der Waals surface area contributed by atoms with Crippen molar-refractivity contribution < 1.29 is 49.1 Å². The zero-order valence-corrected chi connectivity index (χ0v) is 14.5. The third-order valence-electron chi connectivity index (χ3n) is 3.46. The smallest absolute Gasteiger partial charge is 0.317 e. The van der Waals surface area contributed by atoms with Gasteiger partial charge in [0, 0.05) is 24.2 Å². The number of aliphatic carboxylic acids is 4. The summed E-state index contributed by atoms with van der Waals surface area (Å²) < 4.78 is 13.9. The first-order valence-electron chi connectivity index (χ1n) is 7.80. The number of halogens is 1. The topological polar surface area (TPSA) is 176 Å². The molecular formula is C16H19FN2O9. The van der Waals surface area contributed by atoms with E-state index in [-0.39, 0.29) is 11.1 Å². The first-order valence-corrected chi connectivity index (χ1v) is 7.80. The first-order chi connectivity index (χ1) is 13.0. The van der Waals surface area contributed by atoms with Crippen molar-refractivity contribution in [2.45, 2.75) is 13.1 Å². The highest BCUT2D eigenvalue weighted by atomic mass is 19.1. The summed E-state index contributed by atoms with van der Waals surface area (Å²) >= 11 is 0. The lowest BCUT2D eigenvalue weighted by molar-refractivity contribution is -0.144. The van der Waals surface area contributed by atoms with Gasteiger partial charge in [0.25, 0.3) is 0 Å². The lowest BCUT2D eigenvalue weighted by Crippen LogP contribution is -2.35. The Balaban J connectivity index is 3.14. The fraction of sp³-hybridized carbons (Fsp3) is 0.375. The summed E-state index contributed by atoms with van der Waals surface area (Å²) in [6.45, 7) is -3.53. The maximum atomic E-state index is 13.9. The van der Waals surface area contributed by atoms with Crippen molar-refractivity contribution in [2.75, 3.05) is 26.2 Å². The number of nitrogens with zero attached hydrogens (tertiary/aromatic N) is 2. The summed E-state index contributed by atoms with van der Waals surface area (Å²) in [6, 6.07) is 1.77. The third kappa shape index (κ3) is 7.97. The third-order valence-corrected chi connectivity index (χ3v) is 3.46. The van der Waals surface area contributed by atoms with Crippen LogP contribution in [0.2, 0.25) is 0 Å². The summed E-state index contributed by atoms with van der Waals surface area (Å²) in [4.78, 5) is 45.3. The van der Waals surface area contributed by atoms with Gasteiger partial charge in [0.1, 0.15) is 11.6 Å². The highest BCUT2D eigenvalue weighted by molar-refractivity contribution is 5.73. The quantitative estimate of drug-likeness (QED) is 0.304. The molecule has 0 heterocycles. The fourth-order valence-electron chi connectivity index (χ4n) is 2.54. The normalized spacial score (nSPS) is 11.0. The van der Waals surface area contributed by atoms with Gasteiger partial charge in [0.15, 0.2) is 0 Å². The Hall–Kier alpha value is -3.25. The van der Waals surface area contributed by atoms with Gasteiger partial charge in [-0.1, -0.05) is 0 Å². The van der Waals surface area contributed by atoms with Gasteiger partial charge in [-0.05, 0) is 12.1 Å². The minimum atomic E-state index is -1.33. The van der Waals surface area contributed by atoms with Gasteiger partial charge < -0.3 is 25.5 Å². The number of carboxylic acids is 4.